The van der Waals surface area contributed by atoms with Crippen LogP contribution in [0.2, 0.25) is 0 Å². The lowest BCUT2D eigenvalue weighted by Gasteiger charge is -2.27. The number of hydrogen-bond acceptors (Lipinski definition) is 2. The van der Waals surface area contributed by atoms with E-state index in [-0.39, 0.29) is 1.43 Å². The number of thioether (sulfide) groups is 1. The van der Waals surface area contributed by atoms with E-state index in [4.69, 9.17) is 0 Å². The van der Waals surface area contributed by atoms with Crippen LogP contribution < -0.4 is 5.32 Å². The molecule has 1 atom stereocenters. The molecule has 20 heavy (non-hydrogen) atoms. The first-order valence-corrected chi connectivity index (χ1v) is 7.71. The Hall–Kier alpha value is -1.93. The fourth-order valence-corrected chi connectivity index (χ4v) is 4.10. The lowest BCUT2D eigenvalue weighted by molar-refractivity contribution is 1.02. The van der Waals surface area contributed by atoms with Crippen molar-refractivity contribution in [1.29, 1.82) is 0 Å². The van der Waals surface area contributed by atoms with Crippen molar-refractivity contribution in [2.45, 2.75) is 16.6 Å². The molecule has 2 heteroatoms. The molecule has 1 unspecified atom stereocenters. The van der Waals surface area contributed by atoms with Gasteiger partial charge in [0.25, 0.3) is 0 Å². The van der Waals surface area contributed by atoms with E-state index in [1.54, 1.807) is 0 Å². The zero-order valence-corrected chi connectivity index (χ0v) is 11.9. The highest BCUT2D eigenvalue weighted by atomic mass is 32.2. The van der Waals surface area contributed by atoms with Gasteiger partial charge in [-0.3, -0.25) is 0 Å². The highest BCUT2D eigenvalue weighted by Crippen LogP contribution is 2.45. The Morgan fingerprint density at radius 3 is 2.85 bits per heavy atom. The minimum Gasteiger partial charge on any atom is -0.357 e. The number of rotatable bonds is 0. The van der Waals surface area contributed by atoms with Crippen LogP contribution in [0, 0.1) is 0 Å². The molecule has 0 fully saturated rings. The van der Waals surface area contributed by atoms with Gasteiger partial charge in [0, 0.05) is 12.0 Å². The maximum Gasteiger partial charge on any atom is 0.0536 e. The van der Waals surface area contributed by atoms with Gasteiger partial charge in [-0.05, 0) is 41.3 Å². The van der Waals surface area contributed by atoms with Crippen LogP contribution in [0.1, 0.15) is 19.0 Å². The molecule has 4 rings (SSSR count). The van der Waals surface area contributed by atoms with Crippen LogP contribution in [0.3, 0.4) is 0 Å². The van der Waals surface area contributed by atoms with E-state index in [0.29, 0.717) is 5.25 Å². The van der Waals surface area contributed by atoms with Crippen molar-refractivity contribution in [1.82, 2.24) is 0 Å². The number of allylic oxidation sites excluding steroid dienone is 1. The number of nitrogens with one attached hydrogen (secondary N) is 1. The summed E-state index contributed by atoms with van der Waals surface area (Å²) >= 11 is 1.94. The second kappa shape index (κ2) is 4.57. The quantitative estimate of drug-likeness (QED) is 0.704. The maximum atomic E-state index is 4.29. The second-order valence-corrected chi connectivity index (χ2v) is 6.47. The van der Waals surface area contributed by atoms with E-state index < -0.39 is 0 Å². The first-order chi connectivity index (χ1) is 9.81. The molecule has 1 aliphatic carbocycles. The summed E-state index contributed by atoms with van der Waals surface area (Å²) in [6.07, 6.45) is 3.27. The van der Waals surface area contributed by atoms with Crippen molar-refractivity contribution >= 4 is 29.1 Å². The molecule has 2 aliphatic rings. The normalized spacial score (nSPS) is 19.9. The zero-order chi connectivity index (χ0) is 13.5. The summed E-state index contributed by atoms with van der Waals surface area (Å²) in [5.74, 6) is 0. The van der Waals surface area contributed by atoms with Gasteiger partial charge in [0.05, 0.1) is 10.9 Å². The topological polar surface area (TPSA) is 12.0 Å². The molecule has 2 aromatic rings. The minimum atomic E-state index is 0. The largest absolute Gasteiger partial charge is 0.357 e. The van der Waals surface area contributed by atoms with Gasteiger partial charge in [-0.15, -0.1) is 11.8 Å². The van der Waals surface area contributed by atoms with E-state index in [1.165, 1.54) is 33.0 Å². The lowest BCUT2D eigenvalue weighted by Crippen LogP contribution is -2.18. The van der Waals surface area contributed by atoms with E-state index in [9.17, 15) is 0 Å². The number of anilines is 1. The van der Waals surface area contributed by atoms with Gasteiger partial charge >= 0.3 is 0 Å². The predicted molar refractivity (Wildman–Crippen MR) is 89.9 cm³/mol. The van der Waals surface area contributed by atoms with E-state index in [2.05, 4.69) is 66.5 Å². The average molecular weight is 279 g/mol. The molecule has 0 saturated carbocycles. The van der Waals surface area contributed by atoms with Gasteiger partial charge in [0.1, 0.15) is 0 Å². The fraction of sp³-hybridized carbons (Fsp3) is 0.111. The van der Waals surface area contributed by atoms with Crippen molar-refractivity contribution in [3.8, 4) is 0 Å². The van der Waals surface area contributed by atoms with Crippen molar-refractivity contribution in [2.75, 3.05) is 5.32 Å². The van der Waals surface area contributed by atoms with Crippen LogP contribution in [0.5, 0.6) is 0 Å². The molecule has 0 aromatic heterocycles. The first kappa shape index (κ1) is 11.9. The van der Waals surface area contributed by atoms with Crippen molar-refractivity contribution < 1.29 is 1.43 Å². The minimum absolute atomic E-state index is 0. The Balaban J connectivity index is 0.00000132. The second-order valence-electron chi connectivity index (χ2n) is 5.22. The summed E-state index contributed by atoms with van der Waals surface area (Å²) < 4.78 is 0. The molecule has 0 amide bonds. The lowest BCUT2D eigenvalue weighted by atomic mass is 10.0. The Kier molecular flexibility index (Phi) is 2.71. The Morgan fingerprint density at radius 1 is 1.10 bits per heavy atom. The summed E-state index contributed by atoms with van der Waals surface area (Å²) in [7, 11) is 0. The SMILES string of the molecule is C=C1CC2Sc3ccccc3NC2=Cc2ccccc21.[HH]. The summed E-state index contributed by atoms with van der Waals surface area (Å²) in [5, 5.41) is 4.03. The molecule has 1 aliphatic heterocycles. The van der Waals surface area contributed by atoms with Crippen LogP contribution >= 0.6 is 11.8 Å². The standard InChI is InChI=1S/C18H15NS.H2/c1-12-10-18-16(11-13-6-2-3-7-14(12)13)19-15-8-4-5-9-17(15)20-18;/h2-9,11,18-19H,1,10H2;1H. The third-order valence-electron chi connectivity index (χ3n) is 3.87. The molecule has 2 aromatic carbocycles. The molecule has 0 radical (unpaired) electrons. The maximum absolute atomic E-state index is 4.29. The predicted octanol–water partition coefficient (Wildman–Crippen LogP) is 5.28. The van der Waals surface area contributed by atoms with Crippen molar-refractivity contribution in [3.63, 3.8) is 0 Å². The van der Waals surface area contributed by atoms with E-state index in [1.807, 2.05) is 11.8 Å². The van der Waals surface area contributed by atoms with Crippen LogP contribution in [0.15, 0.2) is 65.7 Å². The molecular formula is C18H17NS. The van der Waals surface area contributed by atoms with Gasteiger partial charge < -0.3 is 5.32 Å². The Labute approximate surface area is 124 Å². The van der Waals surface area contributed by atoms with Gasteiger partial charge in [-0.2, -0.15) is 0 Å². The molecular weight excluding hydrogens is 262 g/mol. The molecule has 0 saturated heterocycles. The molecule has 1 nitrogen and oxygen atoms in total. The van der Waals surface area contributed by atoms with Gasteiger partial charge in [0.2, 0.25) is 0 Å². The van der Waals surface area contributed by atoms with E-state index >= 15 is 0 Å². The number of fused-ring (bicyclic) bond motifs is 3. The number of hydrogen-bond donors (Lipinski definition) is 1. The van der Waals surface area contributed by atoms with Crippen LogP contribution in [-0.2, 0) is 0 Å². The monoisotopic (exact) mass is 279 g/mol. The van der Waals surface area contributed by atoms with E-state index in [0.717, 1.165) is 6.42 Å². The average Bonchev–Trinajstić information content (AvgIpc) is 2.61. The molecule has 1 N–H and O–H groups in total. The number of benzene rings is 2. The zero-order valence-electron chi connectivity index (χ0n) is 11.1. The van der Waals surface area contributed by atoms with Crippen LogP contribution in [-0.4, -0.2) is 5.25 Å². The van der Waals surface area contributed by atoms with Gasteiger partial charge in [-0.25, -0.2) is 0 Å². The van der Waals surface area contributed by atoms with Crippen LogP contribution in [0.25, 0.3) is 11.6 Å². The molecule has 1 heterocycles. The summed E-state index contributed by atoms with van der Waals surface area (Å²) in [4.78, 5) is 1.33. The molecule has 0 bridgehead atoms. The van der Waals surface area contributed by atoms with Crippen molar-refractivity contribution in [2.24, 2.45) is 0 Å². The fourth-order valence-electron chi connectivity index (χ4n) is 2.85. The van der Waals surface area contributed by atoms with Crippen LogP contribution in [0.4, 0.5) is 5.69 Å². The van der Waals surface area contributed by atoms with Gasteiger partial charge in [-0.1, -0.05) is 43.0 Å². The Morgan fingerprint density at radius 2 is 1.90 bits per heavy atom. The number of para-hydroxylation sites is 1. The Bertz CT molecular complexity index is 736. The first-order valence-electron chi connectivity index (χ1n) is 6.83. The van der Waals surface area contributed by atoms with Crippen molar-refractivity contribution in [3.05, 3.63) is 71.9 Å². The third kappa shape index (κ3) is 1.88. The smallest absolute Gasteiger partial charge is 0.0536 e. The summed E-state index contributed by atoms with van der Waals surface area (Å²) in [6.45, 7) is 4.29. The third-order valence-corrected chi connectivity index (χ3v) is 5.18. The van der Waals surface area contributed by atoms with Gasteiger partial charge in [0.15, 0.2) is 0 Å². The highest BCUT2D eigenvalue weighted by Gasteiger charge is 2.27. The molecule has 0 spiro atoms. The molecule has 100 valence electrons. The summed E-state index contributed by atoms with van der Waals surface area (Å²) in [5.41, 5.74) is 6.28. The summed E-state index contributed by atoms with van der Waals surface area (Å²) in [6, 6.07) is 17.0. The highest BCUT2D eigenvalue weighted by molar-refractivity contribution is 8.00.